The maximum absolute atomic E-state index is 5.05. The van der Waals surface area contributed by atoms with Crippen molar-refractivity contribution >= 4 is 29.1 Å². The largest absolute Gasteiger partial charge is 0.362 e. The van der Waals surface area contributed by atoms with Crippen molar-refractivity contribution in [3.8, 4) is 0 Å². The molecule has 0 unspecified atom stereocenters. The molecule has 0 aromatic heterocycles. The van der Waals surface area contributed by atoms with Gasteiger partial charge in [-0.05, 0) is 24.4 Å². The lowest BCUT2D eigenvalue weighted by Gasteiger charge is -2.11. The first kappa shape index (κ1) is 12.0. The summed E-state index contributed by atoms with van der Waals surface area (Å²) in [6.45, 7) is 6.23. The summed E-state index contributed by atoms with van der Waals surface area (Å²) >= 11 is 6.87. The van der Waals surface area contributed by atoms with E-state index >= 15 is 0 Å². The van der Waals surface area contributed by atoms with Crippen LogP contribution in [0.2, 0.25) is 0 Å². The van der Waals surface area contributed by atoms with Gasteiger partial charge in [-0.3, -0.25) is 0 Å². The van der Waals surface area contributed by atoms with E-state index in [9.17, 15) is 0 Å². The van der Waals surface area contributed by atoms with Crippen LogP contribution >= 0.6 is 24.0 Å². The third-order valence-electron chi connectivity index (χ3n) is 1.26. The Morgan fingerprint density at radius 1 is 1.42 bits per heavy atom. The highest BCUT2D eigenvalue weighted by Crippen LogP contribution is 1.88. The van der Waals surface area contributed by atoms with Crippen molar-refractivity contribution < 1.29 is 0 Å². The fraction of sp³-hybridized carbons (Fsp3) is 0.875. The number of thioether (sulfide) groups is 1. The summed E-state index contributed by atoms with van der Waals surface area (Å²) in [6, 6.07) is 0. The molecule has 0 aromatic carbocycles. The second kappa shape index (κ2) is 7.68. The molecule has 0 amide bonds. The summed E-state index contributed by atoms with van der Waals surface area (Å²) in [4.78, 5) is 0. The monoisotopic (exact) mass is 206 g/mol. The molecule has 0 fully saturated rings. The van der Waals surface area contributed by atoms with Crippen molar-refractivity contribution in [1.82, 2.24) is 10.6 Å². The minimum absolute atomic E-state index is 0.644. The molecule has 0 aromatic rings. The Kier molecular flexibility index (Phi) is 7.70. The van der Waals surface area contributed by atoms with Crippen molar-refractivity contribution in [1.29, 1.82) is 0 Å². The molecule has 12 heavy (non-hydrogen) atoms. The normalized spacial score (nSPS) is 10.0. The third kappa shape index (κ3) is 8.14. The van der Waals surface area contributed by atoms with Gasteiger partial charge in [-0.25, -0.2) is 0 Å². The Hall–Kier alpha value is 0.0400. The minimum atomic E-state index is 0.644. The van der Waals surface area contributed by atoms with E-state index < -0.39 is 0 Å². The predicted octanol–water partition coefficient (Wildman–Crippen LogP) is 1.47. The molecule has 0 aliphatic rings. The summed E-state index contributed by atoms with van der Waals surface area (Å²) in [5.74, 6) is 1.74. The number of hydrogen-bond donors (Lipinski definition) is 2. The average molecular weight is 206 g/mol. The molecular formula is C8H18N2S2. The average Bonchev–Trinajstić information content (AvgIpc) is 2.01. The van der Waals surface area contributed by atoms with E-state index in [0.717, 1.165) is 24.0 Å². The highest BCUT2D eigenvalue weighted by molar-refractivity contribution is 7.98. The van der Waals surface area contributed by atoms with Gasteiger partial charge in [0.1, 0.15) is 0 Å². The molecule has 0 rings (SSSR count). The van der Waals surface area contributed by atoms with Gasteiger partial charge < -0.3 is 10.6 Å². The SMILES string of the molecule is CSCCNC(=S)NCC(C)C. The molecule has 2 N–H and O–H groups in total. The molecule has 0 heterocycles. The Morgan fingerprint density at radius 3 is 2.58 bits per heavy atom. The van der Waals surface area contributed by atoms with Crippen LogP contribution in [0.3, 0.4) is 0 Å². The molecule has 0 radical (unpaired) electrons. The lowest BCUT2D eigenvalue weighted by atomic mass is 10.2. The van der Waals surface area contributed by atoms with Crippen LogP contribution in [0.1, 0.15) is 13.8 Å². The molecule has 0 aliphatic carbocycles. The van der Waals surface area contributed by atoms with Crippen LogP contribution in [0.15, 0.2) is 0 Å². The molecule has 4 heteroatoms. The number of thiocarbonyl (C=S) groups is 1. The molecule has 0 atom stereocenters. The van der Waals surface area contributed by atoms with Crippen LogP contribution in [0, 0.1) is 5.92 Å². The third-order valence-corrected chi connectivity index (χ3v) is 2.16. The minimum Gasteiger partial charge on any atom is -0.362 e. The summed E-state index contributed by atoms with van der Waals surface area (Å²) in [5.41, 5.74) is 0. The first-order valence-corrected chi connectivity index (χ1v) is 5.97. The van der Waals surface area contributed by atoms with Crippen molar-refractivity contribution in [2.45, 2.75) is 13.8 Å². The zero-order chi connectivity index (χ0) is 9.40. The summed E-state index contributed by atoms with van der Waals surface area (Å²) < 4.78 is 0. The van der Waals surface area contributed by atoms with Gasteiger partial charge in [0.05, 0.1) is 0 Å². The van der Waals surface area contributed by atoms with Crippen molar-refractivity contribution in [2.24, 2.45) is 5.92 Å². The van der Waals surface area contributed by atoms with Gasteiger partial charge in [-0.1, -0.05) is 13.8 Å². The van der Waals surface area contributed by atoms with Gasteiger partial charge in [-0.15, -0.1) is 0 Å². The Labute approximate surface area is 84.9 Å². The fourth-order valence-electron chi connectivity index (χ4n) is 0.626. The smallest absolute Gasteiger partial charge is 0.166 e. The number of hydrogen-bond acceptors (Lipinski definition) is 2. The van der Waals surface area contributed by atoms with Crippen LogP contribution < -0.4 is 10.6 Å². The Bertz CT molecular complexity index is 126. The van der Waals surface area contributed by atoms with Crippen LogP contribution in [-0.2, 0) is 0 Å². The summed E-state index contributed by atoms with van der Waals surface area (Å²) in [6.07, 6.45) is 2.09. The first-order valence-electron chi connectivity index (χ1n) is 4.17. The number of rotatable bonds is 5. The fourth-order valence-corrected chi connectivity index (χ4v) is 1.12. The number of nitrogens with one attached hydrogen (secondary N) is 2. The van der Waals surface area contributed by atoms with E-state index in [4.69, 9.17) is 12.2 Å². The van der Waals surface area contributed by atoms with Crippen molar-refractivity contribution in [2.75, 3.05) is 25.1 Å². The van der Waals surface area contributed by atoms with E-state index in [-0.39, 0.29) is 0 Å². The van der Waals surface area contributed by atoms with E-state index in [1.807, 2.05) is 11.8 Å². The highest BCUT2D eigenvalue weighted by atomic mass is 32.2. The van der Waals surface area contributed by atoms with Crippen LogP contribution in [0.4, 0.5) is 0 Å². The van der Waals surface area contributed by atoms with Gasteiger partial charge in [0.25, 0.3) is 0 Å². The first-order chi connectivity index (χ1) is 5.66. The van der Waals surface area contributed by atoms with E-state index in [1.165, 1.54) is 0 Å². The van der Waals surface area contributed by atoms with E-state index in [1.54, 1.807) is 0 Å². The Morgan fingerprint density at radius 2 is 2.08 bits per heavy atom. The summed E-state index contributed by atoms with van der Waals surface area (Å²) in [5, 5.41) is 7.07. The van der Waals surface area contributed by atoms with Crippen LogP contribution in [0.25, 0.3) is 0 Å². The van der Waals surface area contributed by atoms with Crippen LogP contribution in [-0.4, -0.2) is 30.2 Å². The highest BCUT2D eigenvalue weighted by Gasteiger charge is 1.95. The molecule has 0 spiro atoms. The second-order valence-corrected chi connectivity index (χ2v) is 4.42. The predicted molar refractivity (Wildman–Crippen MR) is 61.8 cm³/mol. The molecule has 72 valence electrons. The zero-order valence-corrected chi connectivity index (χ0v) is 9.65. The molecule has 0 saturated heterocycles. The van der Waals surface area contributed by atoms with Crippen molar-refractivity contribution in [3.63, 3.8) is 0 Å². The van der Waals surface area contributed by atoms with Crippen molar-refractivity contribution in [3.05, 3.63) is 0 Å². The molecular weight excluding hydrogens is 188 g/mol. The maximum Gasteiger partial charge on any atom is 0.166 e. The van der Waals surface area contributed by atoms with Gasteiger partial charge >= 0.3 is 0 Å². The molecule has 0 bridgehead atoms. The lowest BCUT2D eigenvalue weighted by Crippen LogP contribution is -2.38. The van der Waals surface area contributed by atoms with Gasteiger partial charge in [0.2, 0.25) is 0 Å². The topological polar surface area (TPSA) is 24.1 Å². The molecule has 0 aliphatic heterocycles. The second-order valence-electron chi connectivity index (χ2n) is 3.02. The molecule has 0 saturated carbocycles. The van der Waals surface area contributed by atoms with Crippen LogP contribution in [0.5, 0.6) is 0 Å². The quantitative estimate of drug-likeness (QED) is 0.525. The lowest BCUT2D eigenvalue weighted by molar-refractivity contribution is 0.621. The maximum atomic E-state index is 5.05. The Balaban J connectivity index is 3.22. The standard InChI is InChI=1S/C8H18N2S2/c1-7(2)6-10-8(11)9-4-5-12-3/h7H,4-6H2,1-3H3,(H2,9,10,11). The zero-order valence-electron chi connectivity index (χ0n) is 8.02. The molecule has 2 nitrogen and oxygen atoms in total. The van der Waals surface area contributed by atoms with Gasteiger partial charge in [0, 0.05) is 18.8 Å². The van der Waals surface area contributed by atoms with Gasteiger partial charge in [0.15, 0.2) is 5.11 Å². The van der Waals surface area contributed by atoms with E-state index in [2.05, 4.69) is 30.7 Å². The van der Waals surface area contributed by atoms with E-state index in [0.29, 0.717) is 5.92 Å². The van der Waals surface area contributed by atoms with Gasteiger partial charge in [-0.2, -0.15) is 11.8 Å². The summed E-state index contributed by atoms with van der Waals surface area (Å²) in [7, 11) is 0.